The summed E-state index contributed by atoms with van der Waals surface area (Å²) >= 11 is 3.47. The van der Waals surface area contributed by atoms with Gasteiger partial charge in [0.05, 0.1) is 4.95 Å². The van der Waals surface area contributed by atoms with Crippen LogP contribution in [0.5, 0.6) is 0 Å². The Morgan fingerprint density at radius 1 is 1.58 bits per heavy atom. The number of alkyl halides is 1. The van der Waals surface area contributed by atoms with Gasteiger partial charge in [0.2, 0.25) is 0 Å². The molecule has 2 unspecified atom stereocenters. The van der Waals surface area contributed by atoms with Gasteiger partial charge in [0, 0.05) is 6.42 Å². The molecule has 0 aliphatic carbocycles. The summed E-state index contributed by atoms with van der Waals surface area (Å²) in [6.45, 7) is 0.948. The van der Waals surface area contributed by atoms with E-state index < -0.39 is 5.97 Å². The van der Waals surface area contributed by atoms with Crippen LogP contribution < -0.4 is 5.32 Å². The third-order valence-corrected chi connectivity index (χ3v) is 3.00. The molecule has 1 fully saturated rings. The Morgan fingerprint density at radius 3 is 2.83 bits per heavy atom. The molecule has 0 radical (unpaired) electrons. The molecule has 3 nitrogen and oxygen atoms in total. The van der Waals surface area contributed by atoms with E-state index in [9.17, 15) is 4.79 Å². The molecule has 1 heterocycles. The number of halogens is 1. The van der Waals surface area contributed by atoms with Crippen LogP contribution in [0.3, 0.4) is 0 Å². The summed E-state index contributed by atoms with van der Waals surface area (Å²) in [5.41, 5.74) is 0. The number of hydrogen-bond donors (Lipinski definition) is 2. The molecule has 1 saturated heterocycles. The fourth-order valence-corrected chi connectivity index (χ4v) is 1.91. The molecule has 0 amide bonds. The Labute approximate surface area is 80.7 Å². The average Bonchev–Trinajstić information content (AvgIpc) is 2.03. The molecule has 0 aromatic carbocycles. The molecule has 0 saturated carbocycles. The molecular weight excluding hydrogens is 222 g/mol. The van der Waals surface area contributed by atoms with Crippen molar-refractivity contribution in [3.05, 3.63) is 0 Å². The van der Waals surface area contributed by atoms with Gasteiger partial charge in [-0.15, -0.1) is 0 Å². The number of carboxylic acids is 1. The van der Waals surface area contributed by atoms with Gasteiger partial charge in [0.15, 0.2) is 0 Å². The van der Waals surface area contributed by atoms with Crippen LogP contribution in [-0.4, -0.2) is 22.6 Å². The quantitative estimate of drug-likeness (QED) is 0.577. The molecule has 0 aromatic rings. The summed E-state index contributed by atoms with van der Waals surface area (Å²) in [5.74, 6) is -0.133. The van der Waals surface area contributed by atoms with Crippen LogP contribution in [0.2, 0.25) is 0 Å². The van der Waals surface area contributed by atoms with E-state index in [1.165, 1.54) is 0 Å². The molecule has 1 aliphatic rings. The second kappa shape index (κ2) is 4.82. The first-order valence-electron chi connectivity index (χ1n) is 4.27. The summed E-state index contributed by atoms with van der Waals surface area (Å²) in [4.78, 5) is 10.7. The maximum atomic E-state index is 10.3. The standard InChI is InChI=1S/C8H14BrNO2/c9-7-3-1-6(5-10-7)2-4-8(11)12/h6-7,10H,1-5H2,(H,11,12). The minimum absolute atomic E-state index is 0.305. The van der Waals surface area contributed by atoms with Crippen molar-refractivity contribution < 1.29 is 9.90 Å². The zero-order valence-corrected chi connectivity index (χ0v) is 8.51. The van der Waals surface area contributed by atoms with Crippen LogP contribution in [0.15, 0.2) is 0 Å². The maximum Gasteiger partial charge on any atom is 0.303 e. The zero-order chi connectivity index (χ0) is 8.97. The van der Waals surface area contributed by atoms with E-state index in [1.807, 2.05) is 0 Å². The minimum atomic E-state index is -0.684. The van der Waals surface area contributed by atoms with Crippen molar-refractivity contribution in [3.8, 4) is 0 Å². The lowest BCUT2D eigenvalue weighted by Crippen LogP contribution is -2.35. The number of carboxylic acid groups (broad SMARTS) is 1. The summed E-state index contributed by atoms with van der Waals surface area (Å²) in [5, 5.41) is 11.7. The van der Waals surface area contributed by atoms with Crippen LogP contribution in [0.4, 0.5) is 0 Å². The summed E-state index contributed by atoms with van der Waals surface area (Å²) in [7, 11) is 0. The highest BCUT2D eigenvalue weighted by Gasteiger charge is 2.18. The molecule has 2 atom stereocenters. The SMILES string of the molecule is O=C(O)CCC1CCC(Br)NC1. The van der Waals surface area contributed by atoms with Crippen LogP contribution in [0.1, 0.15) is 25.7 Å². The molecule has 70 valence electrons. The molecular formula is C8H14BrNO2. The topological polar surface area (TPSA) is 49.3 Å². The Balaban J connectivity index is 2.13. The first-order chi connectivity index (χ1) is 5.68. The second-order valence-corrected chi connectivity index (χ2v) is 4.36. The predicted octanol–water partition coefficient (Wildman–Crippen LogP) is 1.57. The fourth-order valence-electron chi connectivity index (χ4n) is 1.45. The van der Waals surface area contributed by atoms with E-state index in [-0.39, 0.29) is 0 Å². The molecule has 1 rings (SSSR count). The Kier molecular flexibility index (Phi) is 4.01. The van der Waals surface area contributed by atoms with Crippen molar-refractivity contribution in [1.29, 1.82) is 0 Å². The number of hydrogen-bond acceptors (Lipinski definition) is 2. The van der Waals surface area contributed by atoms with Crippen LogP contribution in [0.25, 0.3) is 0 Å². The summed E-state index contributed by atoms with van der Waals surface area (Å²) < 4.78 is 0. The summed E-state index contributed by atoms with van der Waals surface area (Å²) in [6.07, 6.45) is 3.35. The molecule has 0 aromatic heterocycles. The smallest absolute Gasteiger partial charge is 0.303 e. The van der Waals surface area contributed by atoms with Crippen molar-refractivity contribution in [3.63, 3.8) is 0 Å². The minimum Gasteiger partial charge on any atom is -0.481 e. The van der Waals surface area contributed by atoms with E-state index in [1.54, 1.807) is 0 Å². The second-order valence-electron chi connectivity index (χ2n) is 3.25. The first-order valence-corrected chi connectivity index (χ1v) is 5.19. The molecule has 0 bridgehead atoms. The Bertz CT molecular complexity index is 155. The number of carbonyl (C=O) groups is 1. The van der Waals surface area contributed by atoms with Crippen molar-refractivity contribution in [2.24, 2.45) is 5.92 Å². The summed E-state index contributed by atoms with van der Waals surface area (Å²) in [6, 6.07) is 0. The van der Waals surface area contributed by atoms with E-state index in [2.05, 4.69) is 21.2 Å². The van der Waals surface area contributed by atoms with Gasteiger partial charge in [-0.25, -0.2) is 0 Å². The average molecular weight is 236 g/mol. The molecule has 4 heteroatoms. The van der Waals surface area contributed by atoms with Gasteiger partial charge in [-0.2, -0.15) is 0 Å². The maximum absolute atomic E-state index is 10.3. The van der Waals surface area contributed by atoms with Gasteiger partial charge in [-0.3, -0.25) is 4.79 Å². The van der Waals surface area contributed by atoms with Crippen LogP contribution >= 0.6 is 15.9 Å². The number of piperidine rings is 1. The van der Waals surface area contributed by atoms with E-state index in [4.69, 9.17) is 5.11 Å². The predicted molar refractivity (Wildman–Crippen MR) is 50.3 cm³/mol. The zero-order valence-electron chi connectivity index (χ0n) is 6.92. The lowest BCUT2D eigenvalue weighted by molar-refractivity contribution is -0.137. The van der Waals surface area contributed by atoms with Gasteiger partial charge in [-0.1, -0.05) is 15.9 Å². The molecule has 0 spiro atoms. The van der Waals surface area contributed by atoms with Gasteiger partial charge in [0.25, 0.3) is 0 Å². The van der Waals surface area contributed by atoms with Crippen molar-refractivity contribution >= 4 is 21.9 Å². The van der Waals surface area contributed by atoms with E-state index in [0.29, 0.717) is 17.3 Å². The lowest BCUT2D eigenvalue weighted by Gasteiger charge is -2.25. The van der Waals surface area contributed by atoms with Crippen molar-refractivity contribution in [2.75, 3.05) is 6.54 Å². The van der Waals surface area contributed by atoms with Crippen LogP contribution in [-0.2, 0) is 4.79 Å². The normalized spacial score (nSPS) is 30.1. The monoisotopic (exact) mass is 235 g/mol. The fraction of sp³-hybridized carbons (Fsp3) is 0.875. The van der Waals surface area contributed by atoms with Gasteiger partial charge >= 0.3 is 5.97 Å². The van der Waals surface area contributed by atoms with Gasteiger partial charge in [-0.05, 0) is 31.7 Å². The van der Waals surface area contributed by atoms with Gasteiger partial charge < -0.3 is 10.4 Å². The number of aliphatic carboxylic acids is 1. The van der Waals surface area contributed by atoms with Crippen molar-refractivity contribution in [1.82, 2.24) is 5.32 Å². The number of rotatable bonds is 3. The molecule has 12 heavy (non-hydrogen) atoms. The largest absolute Gasteiger partial charge is 0.481 e. The third-order valence-electron chi connectivity index (χ3n) is 2.22. The highest BCUT2D eigenvalue weighted by Crippen LogP contribution is 2.21. The number of nitrogens with one attached hydrogen (secondary N) is 1. The third kappa shape index (κ3) is 3.54. The Hall–Kier alpha value is -0.0900. The lowest BCUT2D eigenvalue weighted by atomic mass is 9.95. The molecule has 2 N–H and O–H groups in total. The Morgan fingerprint density at radius 2 is 2.33 bits per heavy atom. The van der Waals surface area contributed by atoms with Crippen molar-refractivity contribution in [2.45, 2.75) is 30.6 Å². The van der Waals surface area contributed by atoms with E-state index in [0.717, 1.165) is 25.8 Å². The first kappa shape index (κ1) is 9.99. The molecule has 1 aliphatic heterocycles. The van der Waals surface area contributed by atoms with Gasteiger partial charge in [0.1, 0.15) is 0 Å². The highest BCUT2D eigenvalue weighted by molar-refractivity contribution is 9.09. The van der Waals surface area contributed by atoms with Crippen LogP contribution in [0, 0.1) is 5.92 Å². The highest BCUT2D eigenvalue weighted by atomic mass is 79.9. The van der Waals surface area contributed by atoms with E-state index >= 15 is 0 Å².